The summed E-state index contributed by atoms with van der Waals surface area (Å²) in [4.78, 5) is 69.2. The third-order valence-electron chi connectivity index (χ3n) is 13.1. The van der Waals surface area contributed by atoms with Crippen LogP contribution in [0.1, 0.15) is 61.9 Å². The van der Waals surface area contributed by atoms with E-state index in [0.717, 1.165) is 55.7 Å². The van der Waals surface area contributed by atoms with E-state index >= 15 is 0 Å². The Morgan fingerprint density at radius 3 is 1.47 bits per heavy atom. The van der Waals surface area contributed by atoms with Gasteiger partial charge in [0.1, 0.15) is 43.2 Å². The highest BCUT2D eigenvalue weighted by Gasteiger charge is 2.61. The minimum atomic E-state index is -2.52. The lowest BCUT2D eigenvalue weighted by Gasteiger charge is -2.52. The molecular formula is C60H69NO17. The molecular weight excluding hydrogens is 1010 g/mol. The van der Waals surface area contributed by atoms with Crippen LogP contribution in [-0.2, 0) is 114 Å². The highest BCUT2D eigenvalue weighted by molar-refractivity contribution is 5.78. The predicted octanol–water partition coefficient (Wildman–Crippen LogP) is 7.22. The van der Waals surface area contributed by atoms with Gasteiger partial charge in [-0.15, -0.1) is 0 Å². The summed E-state index contributed by atoms with van der Waals surface area (Å²) < 4.78 is 76.1. The second-order valence-corrected chi connectivity index (χ2v) is 18.9. The molecule has 2 aliphatic heterocycles. The Morgan fingerprint density at radius 2 is 1.04 bits per heavy atom. The number of nitrogens with zero attached hydrogens (tertiary/aromatic N) is 1. The summed E-state index contributed by atoms with van der Waals surface area (Å²) in [6.45, 7) is 4.28. The van der Waals surface area contributed by atoms with Crippen molar-refractivity contribution in [2.75, 3.05) is 27.4 Å². The van der Waals surface area contributed by atoms with Gasteiger partial charge < -0.3 is 56.8 Å². The van der Waals surface area contributed by atoms with Crippen LogP contribution in [0.3, 0.4) is 0 Å². The third-order valence-corrected chi connectivity index (χ3v) is 13.1. The van der Waals surface area contributed by atoms with Crippen molar-refractivity contribution in [3.8, 4) is 0 Å². The first-order valence-corrected chi connectivity index (χ1v) is 25.8. The van der Waals surface area contributed by atoms with Crippen LogP contribution in [0.2, 0.25) is 0 Å². The van der Waals surface area contributed by atoms with Gasteiger partial charge in [0.05, 0.1) is 46.0 Å². The maximum atomic E-state index is 14.9. The molecule has 78 heavy (non-hydrogen) atoms. The van der Waals surface area contributed by atoms with E-state index in [1.54, 1.807) is 0 Å². The second-order valence-electron chi connectivity index (χ2n) is 18.9. The Hall–Kier alpha value is -6.87. The standard InChI is InChI=1S/C60H69NO17/c1-40(62)69-38-50(75-42(3)64)54(76-43(4)65)55-52(61(33-44-22-12-7-13-23-44)34-45-24-14-8-15-25-45)49(74-41(2)63)32-60(78-55,59(66)68-6)73-39-51-53(70-35-46-26-16-9-17-27-46)56(71-36-47-28-18-10-19-29-47)57(58(67-5)77-51)72-37-48-30-20-11-21-31-48/h7-31,49-58H,32-39H2,1-6H3/t49-,50+,51+,52+,53+,54+,55+,56-,57+,58-,60-/m0/s1. The van der Waals surface area contributed by atoms with Crippen molar-refractivity contribution in [2.24, 2.45) is 0 Å². The fraction of sp³-hybridized carbons (Fsp3) is 0.417. The predicted molar refractivity (Wildman–Crippen MR) is 280 cm³/mol. The van der Waals surface area contributed by atoms with Gasteiger partial charge in [-0.2, -0.15) is 0 Å². The molecule has 18 nitrogen and oxygen atoms in total. The zero-order chi connectivity index (χ0) is 55.4. The molecule has 0 saturated carbocycles. The zero-order valence-corrected chi connectivity index (χ0v) is 44.8. The molecule has 5 aromatic rings. The number of esters is 5. The van der Waals surface area contributed by atoms with Crippen LogP contribution in [0.4, 0.5) is 0 Å². The number of carbonyl (C=O) groups excluding carboxylic acids is 5. The Bertz CT molecular complexity index is 2610. The highest BCUT2D eigenvalue weighted by atomic mass is 16.8. The van der Waals surface area contributed by atoms with Crippen LogP contribution in [0.25, 0.3) is 0 Å². The van der Waals surface area contributed by atoms with Gasteiger partial charge in [0, 0.05) is 47.9 Å². The van der Waals surface area contributed by atoms with Crippen LogP contribution < -0.4 is 0 Å². The molecule has 2 saturated heterocycles. The molecule has 0 amide bonds. The SMILES string of the molecule is COC(=O)[C@]1(OC[C@H]2O[C@H](OC)[C@H](OCc3ccccc3)[C@@H](OCc3ccccc3)[C@@H]2OCc2ccccc2)C[C@H](OC(C)=O)[C@@H](N(Cc2ccccc2)Cc2ccccc2)[C@H]([C@H](OC(C)=O)[C@@H](COC(C)=O)OC(C)=O)O1. The lowest BCUT2D eigenvalue weighted by Crippen LogP contribution is -2.69. The first kappa shape index (κ1) is 58.8. The van der Waals surface area contributed by atoms with Crippen molar-refractivity contribution >= 4 is 29.8 Å². The van der Waals surface area contributed by atoms with E-state index in [9.17, 15) is 24.0 Å². The Morgan fingerprint density at radius 1 is 0.577 bits per heavy atom. The molecule has 0 spiro atoms. The summed E-state index contributed by atoms with van der Waals surface area (Å²) in [5, 5.41) is 0. The summed E-state index contributed by atoms with van der Waals surface area (Å²) in [6, 6.07) is 46.4. The van der Waals surface area contributed by atoms with Crippen molar-refractivity contribution in [3.05, 3.63) is 179 Å². The largest absolute Gasteiger partial charge is 0.465 e. The van der Waals surface area contributed by atoms with E-state index in [1.165, 1.54) is 14.0 Å². The van der Waals surface area contributed by atoms with Crippen molar-refractivity contribution in [1.29, 1.82) is 0 Å². The number of carbonyl (C=O) groups is 5. The van der Waals surface area contributed by atoms with Crippen LogP contribution in [0.5, 0.6) is 0 Å². The van der Waals surface area contributed by atoms with Gasteiger partial charge in [-0.1, -0.05) is 152 Å². The normalized spacial score (nSPS) is 23.8. The van der Waals surface area contributed by atoms with Crippen molar-refractivity contribution in [2.45, 2.75) is 134 Å². The molecule has 2 aliphatic rings. The summed E-state index contributed by atoms with van der Waals surface area (Å²) in [7, 11) is 2.60. The lowest BCUT2D eigenvalue weighted by molar-refractivity contribution is -0.351. The molecule has 0 bridgehead atoms. The monoisotopic (exact) mass is 1080 g/mol. The summed E-state index contributed by atoms with van der Waals surface area (Å²) in [5.74, 6) is -6.75. The Kier molecular flexibility index (Phi) is 22.0. The number of hydrogen-bond donors (Lipinski definition) is 0. The van der Waals surface area contributed by atoms with E-state index < -0.39 is 116 Å². The summed E-state index contributed by atoms with van der Waals surface area (Å²) in [6.07, 6.45) is -11.7. The number of methoxy groups -OCH3 is 2. The van der Waals surface area contributed by atoms with E-state index in [2.05, 4.69) is 0 Å². The van der Waals surface area contributed by atoms with Gasteiger partial charge in [-0.25, -0.2) is 4.79 Å². The molecule has 2 fully saturated rings. The number of benzene rings is 5. The minimum Gasteiger partial charge on any atom is -0.465 e. The summed E-state index contributed by atoms with van der Waals surface area (Å²) in [5.41, 5.74) is 4.23. The van der Waals surface area contributed by atoms with Crippen LogP contribution in [0.15, 0.2) is 152 Å². The molecule has 416 valence electrons. The maximum absolute atomic E-state index is 14.9. The van der Waals surface area contributed by atoms with Crippen molar-refractivity contribution in [3.63, 3.8) is 0 Å². The fourth-order valence-corrected chi connectivity index (χ4v) is 9.75. The zero-order valence-electron chi connectivity index (χ0n) is 44.8. The smallest absolute Gasteiger partial charge is 0.366 e. The number of rotatable bonds is 26. The lowest BCUT2D eigenvalue weighted by atomic mass is 9.86. The third kappa shape index (κ3) is 16.6. The maximum Gasteiger partial charge on any atom is 0.366 e. The van der Waals surface area contributed by atoms with Crippen molar-refractivity contribution < 1.29 is 80.8 Å². The van der Waals surface area contributed by atoms with Gasteiger partial charge in [0.2, 0.25) is 0 Å². The molecule has 5 aromatic carbocycles. The van der Waals surface area contributed by atoms with Crippen LogP contribution >= 0.6 is 0 Å². The molecule has 0 radical (unpaired) electrons. The topological polar surface area (TPSA) is 199 Å². The number of hydrogen-bond acceptors (Lipinski definition) is 18. The van der Waals surface area contributed by atoms with E-state index in [1.807, 2.05) is 157 Å². The minimum absolute atomic E-state index is 0.0825. The molecule has 7 rings (SSSR count). The first-order valence-electron chi connectivity index (χ1n) is 25.8. The van der Waals surface area contributed by atoms with E-state index in [0.29, 0.717) is 0 Å². The molecule has 0 N–H and O–H groups in total. The molecule has 0 aromatic heterocycles. The van der Waals surface area contributed by atoms with Gasteiger partial charge in [0.25, 0.3) is 5.79 Å². The first-order chi connectivity index (χ1) is 37.7. The highest BCUT2D eigenvalue weighted by Crippen LogP contribution is 2.41. The Labute approximate surface area is 455 Å². The molecule has 11 atom stereocenters. The van der Waals surface area contributed by atoms with E-state index in [4.69, 9.17) is 56.8 Å². The van der Waals surface area contributed by atoms with Gasteiger partial charge in [0.15, 0.2) is 18.5 Å². The molecule has 18 heteroatoms. The average molecular weight is 1080 g/mol. The quantitative estimate of drug-likeness (QED) is 0.0397. The van der Waals surface area contributed by atoms with Crippen molar-refractivity contribution in [1.82, 2.24) is 4.90 Å². The molecule has 2 heterocycles. The molecule has 0 unspecified atom stereocenters. The Balaban J connectivity index is 1.35. The van der Waals surface area contributed by atoms with Gasteiger partial charge in [-0.3, -0.25) is 24.1 Å². The fourth-order valence-electron chi connectivity index (χ4n) is 9.75. The van der Waals surface area contributed by atoms with Gasteiger partial charge in [-0.05, 0) is 27.8 Å². The average Bonchev–Trinajstić information content (AvgIpc) is 3.59. The summed E-state index contributed by atoms with van der Waals surface area (Å²) >= 11 is 0. The number of ether oxygens (including phenoxy) is 12. The molecule has 0 aliphatic carbocycles. The van der Waals surface area contributed by atoms with E-state index in [-0.39, 0.29) is 32.9 Å². The second kappa shape index (κ2) is 29.2. The van der Waals surface area contributed by atoms with Crippen LogP contribution in [-0.4, -0.2) is 129 Å². The van der Waals surface area contributed by atoms with Gasteiger partial charge >= 0.3 is 29.8 Å². The van der Waals surface area contributed by atoms with Crippen LogP contribution in [0, 0.1) is 0 Å².